The Morgan fingerprint density at radius 2 is 1.96 bits per heavy atom. The molecule has 0 aliphatic rings. The molecule has 0 bridgehead atoms. The largest absolute Gasteiger partial charge is 0.481 e. The standard InChI is InChI=1S/C18H13ClF2N2O3S/c19-10-2-1-3-11(8-10)23(15(24)6-7-16(25)26)9-14-22-18-13(27-14)5-4-12(20)17(18)21/h1-5,8H,6-7,9H2,(H,25,26). The van der Waals surface area contributed by atoms with E-state index in [1.807, 2.05) is 0 Å². The summed E-state index contributed by atoms with van der Waals surface area (Å²) in [5.74, 6) is -3.57. The first kappa shape index (κ1) is 19.2. The molecule has 0 spiro atoms. The maximum atomic E-state index is 13.9. The van der Waals surface area contributed by atoms with Crippen molar-refractivity contribution in [2.75, 3.05) is 4.90 Å². The number of carboxylic acid groups (broad SMARTS) is 1. The highest BCUT2D eigenvalue weighted by molar-refractivity contribution is 7.18. The van der Waals surface area contributed by atoms with Gasteiger partial charge < -0.3 is 10.0 Å². The highest BCUT2D eigenvalue weighted by Gasteiger charge is 2.20. The van der Waals surface area contributed by atoms with Crippen LogP contribution in [0.4, 0.5) is 14.5 Å². The number of hydrogen-bond acceptors (Lipinski definition) is 4. The van der Waals surface area contributed by atoms with Crippen LogP contribution in [0, 0.1) is 11.6 Å². The summed E-state index contributed by atoms with van der Waals surface area (Å²) in [5, 5.41) is 9.61. The van der Waals surface area contributed by atoms with Gasteiger partial charge in [-0.1, -0.05) is 17.7 Å². The van der Waals surface area contributed by atoms with E-state index in [-0.39, 0.29) is 24.9 Å². The molecule has 5 nitrogen and oxygen atoms in total. The maximum absolute atomic E-state index is 13.9. The summed E-state index contributed by atoms with van der Waals surface area (Å²) in [6.07, 6.45) is -0.536. The quantitative estimate of drug-likeness (QED) is 0.643. The van der Waals surface area contributed by atoms with Crippen LogP contribution in [0.3, 0.4) is 0 Å². The van der Waals surface area contributed by atoms with Gasteiger partial charge in [0.1, 0.15) is 10.5 Å². The summed E-state index contributed by atoms with van der Waals surface area (Å²) in [4.78, 5) is 28.8. The predicted molar refractivity (Wildman–Crippen MR) is 99.0 cm³/mol. The number of rotatable bonds is 6. The average molecular weight is 411 g/mol. The second-order valence-corrected chi connectivity index (χ2v) is 7.22. The molecule has 0 radical (unpaired) electrons. The lowest BCUT2D eigenvalue weighted by Crippen LogP contribution is -2.30. The van der Waals surface area contributed by atoms with Gasteiger partial charge in [-0.25, -0.2) is 13.8 Å². The smallest absolute Gasteiger partial charge is 0.303 e. The Kier molecular flexibility index (Phi) is 5.67. The number of anilines is 1. The lowest BCUT2D eigenvalue weighted by Gasteiger charge is -2.22. The van der Waals surface area contributed by atoms with Crippen LogP contribution in [0.25, 0.3) is 10.2 Å². The molecule has 0 saturated heterocycles. The average Bonchev–Trinajstić information content (AvgIpc) is 3.04. The minimum atomic E-state index is -1.09. The molecule has 1 amide bonds. The number of carboxylic acids is 1. The molecule has 140 valence electrons. The van der Waals surface area contributed by atoms with Gasteiger partial charge in [-0.2, -0.15) is 0 Å². The topological polar surface area (TPSA) is 70.5 Å². The molecule has 1 heterocycles. The molecule has 3 rings (SSSR count). The highest BCUT2D eigenvalue weighted by Crippen LogP contribution is 2.29. The van der Waals surface area contributed by atoms with E-state index in [1.165, 1.54) is 11.0 Å². The number of thiazole rings is 1. The Morgan fingerprint density at radius 3 is 2.67 bits per heavy atom. The predicted octanol–water partition coefficient (Wildman–Crippen LogP) is 4.63. The van der Waals surface area contributed by atoms with Gasteiger partial charge in [0.15, 0.2) is 11.6 Å². The lowest BCUT2D eigenvalue weighted by molar-refractivity contribution is -0.138. The number of hydrogen-bond donors (Lipinski definition) is 1. The summed E-state index contributed by atoms with van der Waals surface area (Å²) in [6, 6.07) is 8.95. The van der Waals surface area contributed by atoms with Crippen molar-refractivity contribution < 1.29 is 23.5 Å². The van der Waals surface area contributed by atoms with Crippen molar-refractivity contribution in [1.29, 1.82) is 0 Å². The van der Waals surface area contributed by atoms with Gasteiger partial charge in [-0.05, 0) is 30.3 Å². The van der Waals surface area contributed by atoms with Crippen molar-refractivity contribution in [1.82, 2.24) is 4.98 Å². The number of amides is 1. The molecule has 3 aromatic rings. The van der Waals surface area contributed by atoms with Crippen molar-refractivity contribution in [2.24, 2.45) is 0 Å². The molecule has 0 unspecified atom stereocenters. The van der Waals surface area contributed by atoms with Gasteiger partial charge in [0.05, 0.1) is 17.7 Å². The molecule has 0 aliphatic heterocycles. The van der Waals surface area contributed by atoms with E-state index in [9.17, 15) is 18.4 Å². The minimum Gasteiger partial charge on any atom is -0.481 e. The Balaban J connectivity index is 1.94. The van der Waals surface area contributed by atoms with E-state index in [1.54, 1.807) is 24.3 Å². The summed E-state index contributed by atoms with van der Waals surface area (Å²) < 4.78 is 27.7. The number of fused-ring (bicyclic) bond motifs is 1. The Labute approximate surface area is 161 Å². The number of carbonyl (C=O) groups excluding carboxylic acids is 1. The summed E-state index contributed by atoms with van der Waals surface area (Å²) >= 11 is 7.12. The monoisotopic (exact) mass is 410 g/mol. The molecule has 1 N–H and O–H groups in total. The molecule has 9 heteroatoms. The van der Waals surface area contributed by atoms with Gasteiger partial charge in [-0.15, -0.1) is 11.3 Å². The van der Waals surface area contributed by atoms with Crippen LogP contribution in [0.15, 0.2) is 36.4 Å². The fourth-order valence-corrected chi connectivity index (χ4v) is 3.64. The van der Waals surface area contributed by atoms with E-state index >= 15 is 0 Å². The molecular weight excluding hydrogens is 398 g/mol. The second kappa shape index (κ2) is 7.98. The number of halogens is 3. The van der Waals surface area contributed by atoms with Gasteiger partial charge in [0.25, 0.3) is 0 Å². The zero-order chi connectivity index (χ0) is 19.6. The van der Waals surface area contributed by atoms with Crippen LogP contribution < -0.4 is 4.90 Å². The third-order valence-corrected chi connectivity index (χ3v) is 5.00. The molecule has 0 fully saturated rings. The lowest BCUT2D eigenvalue weighted by atomic mass is 10.2. The van der Waals surface area contributed by atoms with Crippen molar-refractivity contribution in [3.05, 3.63) is 58.1 Å². The fraction of sp³-hybridized carbons (Fsp3) is 0.167. The van der Waals surface area contributed by atoms with Crippen LogP contribution >= 0.6 is 22.9 Å². The Bertz CT molecular complexity index is 1030. The van der Waals surface area contributed by atoms with Gasteiger partial charge in [0.2, 0.25) is 5.91 Å². The van der Waals surface area contributed by atoms with E-state index in [0.29, 0.717) is 20.4 Å². The third kappa shape index (κ3) is 4.40. The third-order valence-electron chi connectivity index (χ3n) is 3.76. The molecule has 0 atom stereocenters. The number of nitrogens with zero attached hydrogens (tertiary/aromatic N) is 2. The van der Waals surface area contributed by atoms with Crippen molar-refractivity contribution in [2.45, 2.75) is 19.4 Å². The van der Waals surface area contributed by atoms with Crippen molar-refractivity contribution >= 4 is 50.7 Å². The summed E-state index contributed by atoms with van der Waals surface area (Å²) in [6.45, 7) is -0.0147. The summed E-state index contributed by atoms with van der Waals surface area (Å²) in [5.41, 5.74) is 0.364. The Morgan fingerprint density at radius 1 is 1.19 bits per heavy atom. The zero-order valence-electron chi connectivity index (χ0n) is 13.8. The molecule has 0 saturated carbocycles. The van der Waals surface area contributed by atoms with E-state index < -0.39 is 23.5 Å². The van der Waals surface area contributed by atoms with Gasteiger partial charge in [0, 0.05) is 17.1 Å². The van der Waals surface area contributed by atoms with Crippen LogP contribution in [0.1, 0.15) is 17.8 Å². The van der Waals surface area contributed by atoms with Gasteiger partial charge in [-0.3, -0.25) is 9.59 Å². The van der Waals surface area contributed by atoms with Gasteiger partial charge >= 0.3 is 5.97 Å². The molecule has 1 aromatic heterocycles. The van der Waals surface area contributed by atoms with Crippen molar-refractivity contribution in [3.63, 3.8) is 0 Å². The first-order chi connectivity index (χ1) is 12.8. The number of benzene rings is 2. The van der Waals surface area contributed by atoms with Crippen LogP contribution in [0.5, 0.6) is 0 Å². The van der Waals surface area contributed by atoms with Crippen LogP contribution in [-0.4, -0.2) is 22.0 Å². The first-order valence-electron chi connectivity index (χ1n) is 7.86. The number of aliphatic carboxylic acids is 1. The molecule has 27 heavy (non-hydrogen) atoms. The van der Waals surface area contributed by atoms with E-state index in [2.05, 4.69) is 4.98 Å². The Hall–Kier alpha value is -2.58. The molecule has 2 aromatic carbocycles. The zero-order valence-corrected chi connectivity index (χ0v) is 15.4. The minimum absolute atomic E-state index is 0.0147. The van der Waals surface area contributed by atoms with Crippen LogP contribution in [0.2, 0.25) is 5.02 Å². The highest BCUT2D eigenvalue weighted by atomic mass is 35.5. The summed E-state index contributed by atoms with van der Waals surface area (Å²) in [7, 11) is 0. The SMILES string of the molecule is O=C(O)CCC(=O)N(Cc1nc2c(F)c(F)ccc2s1)c1cccc(Cl)c1. The van der Waals surface area contributed by atoms with E-state index in [0.717, 1.165) is 17.4 Å². The van der Waals surface area contributed by atoms with Crippen LogP contribution in [-0.2, 0) is 16.1 Å². The number of aromatic nitrogens is 1. The van der Waals surface area contributed by atoms with E-state index in [4.69, 9.17) is 16.7 Å². The first-order valence-corrected chi connectivity index (χ1v) is 9.05. The molecular formula is C18H13ClF2N2O3S. The van der Waals surface area contributed by atoms with Crippen molar-refractivity contribution in [3.8, 4) is 0 Å². The normalized spacial score (nSPS) is 10.9. The number of carbonyl (C=O) groups is 2. The fourth-order valence-electron chi connectivity index (χ4n) is 2.50. The second-order valence-electron chi connectivity index (χ2n) is 5.67. The molecule has 0 aliphatic carbocycles. The maximum Gasteiger partial charge on any atom is 0.303 e.